The molecule has 0 spiro atoms. The first-order valence-corrected chi connectivity index (χ1v) is 5.61. The van der Waals surface area contributed by atoms with E-state index in [1.807, 2.05) is 0 Å². The highest BCUT2D eigenvalue weighted by atomic mass is 16.3. The molecule has 1 rings (SSSR count). The molecule has 78 valence electrons. The Morgan fingerprint density at radius 1 is 1.31 bits per heavy atom. The number of hydrogen-bond acceptors (Lipinski definition) is 1. The van der Waals surface area contributed by atoms with E-state index >= 15 is 0 Å². The van der Waals surface area contributed by atoms with Gasteiger partial charge in [-0.1, -0.05) is 41.0 Å². The summed E-state index contributed by atoms with van der Waals surface area (Å²) in [6, 6.07) is 0. The SMILES string of the molecule is CCCC(C)C1(O)CC1(C)C(C)C. The molecule has 3 atom stereocenters. The molecule has 1 aliphatic carbocycles. The lowest BCUT2D eigenvalue weighted by atomic mass is 9.84. The third-order valence-corrected chi connectivity index (χ3v) is 4.31. The maximum Gasteiger partial charge on any atom is 0.0736 e. The summed E-state index contributed by atoms with van der Waals surface area (Å²) in [6.45, 7) is 11.0. The van der Waals surface area contributed by atoms with Gasteiger partial charge in [0.05, 0.1) is 5.60 Å². The van der Waals surface area contributed by atoms with E-state index in [2.05, 4.69) is 34.6 Å². The second kappa shape index (κ2) is 3.27. The Bertz CT molecular complexity index is 188. The predicted molar refractivity (Wildman–Crippen MR) is 56.6 cm³/mol. The van der Waals surface area contributed by atoms with E-state index in [0.29, 0.717) is 11.8 Å². The van der Waals surface area contributed by atoms with Crippen LogP contribution in [0, 0.1) is 17.3 Å². The molecule has 1 aliphatic rings. The van der Waals surface area contributed by atoms with Crippen molar-refractivity contribution in [1.82, 2.24) is 0 Å². The van der Waals surface area contributed by atoms with Crippen LogP contribution in [0.2, 0.25) is 0 Å². The average Bonchev–Trinajstić information content (AvgIpc) is 2.59. The molecule has 0 saturated heterocycles. The molecule has 1 fully saturated rings. The Hall–Kier alpha value is -0.0400. The van der Waals surface area contributed by atoms with E-state index in [-0.39, 0.29) is 11.0 Å². The van der Waals surface area contributed by atoms with Crippen LogP contribution in [-0.4, -0.2) is 10.7 Å². The molecule has 0 aromatic heterocycles. The highest BCUT2D eigenvalue weighted by molar-refractivity contribution is 5.16. The molecule has 0 aromatic carbocycles. The molecular weight excluding hydrogens is 160 g/mol. The first kappa shape index (κ1) is 11.0. The Balaban J connectivity index is 2.62. The first-order chi connectivity index (χ1) is 5.88. The van der Waals surface area contributed by atoms with Gasteiger partial charge in [0, 0.05) is 5.41 Å². The lowest BCUT2D eigenvalue weighted by Crippen LogP contribution is -2.29. The van der Waals surface area contributed by atoms with Crippen LogP contribution in [-0.2, 0) is 0 Å². The van der Waals surface area contributed by atoms with E-state index in [0.717, 1.165) is 12.8 Å². The number of aliphatic hydroxyl groups is 1. The Labute approximate surface area is 82.5 Å². The summed E-state index contributed by atoms with van der Waals surface area (Å²) in [5.41, 5.74) is -0.182. The summed E-state index contributed by atoms with van der Waals surface area (Å²) in [5.74, 6) is 1.06. The van der Waals surface area contributed by atoms with Gasteiger partial charge >= 0.3 is 0 Å². The molecule has 1 N–H and O–H groups in total. The van der Waals surface area contributed by atoms with Crippen LogP contribution >= 0.6 is 0 Å². The van der Waals surface area contributed by atoms with Gasteiger partial charge in [0.1, 0.15) is 0 Å². The zero-order valence-electron chi connectivity index (χ0n) is 9.72. The molecule has 3 unspecified atom stereocenters. The van der Waals surface area contributed by atoms with Gasteiger partial charge in [-0.15, -0.1) is 0 Å². The van der Waals surface area contributed by atoms with E-state index in [1.54, 1.807) is 0 Å². The van der Waals surface area contributed by atoms with Gasteiger partial charge in [-0.25, -0.2) is 0 Å². The van der Waals surface area contributed by atoms with Gasteiger partial charge < -0.3 is 5.11 Å². The van der Waals surface area contributed by atoms with E-state index < -0.39 is 0 Å². The Kier molecular flexibility index (Phi) is 2.78. The molecule has 0 aromatic rings. The van der Waals surface area contributed by atoms with Crippen molar-refractivity contribution in [2.75, 3.05) is 0 Å². The van der Waals surface area contributed by atoms with Gasteiger partial charge in [-0.3, -0.25) is 0 Å². The highest BCUT2D eigenvalue weighted by Crippen LogP contribution is 2.64. The summed E-state index contributed by atoms with van der Waals surface area (Å²) in [4.78, 5) is 0. The Morgan fingerprint density at radius 3 is 2.15 bits per heavy atom. The van der Waals surface area contributed by atoms with Gasteiger partial charge in [-0.05, 0) is 24.7 Å². The van der Waals surface area contributed by atoms with E-state index in [4.69, 9.17) is 0 Å². The largest absolute Gasteiger partial charge is 0.389 e. The molecule has 0 radical (unpaired) electrons. The fourth-order valence-electron chi connectivity index (χ4n) is 2.63. The van der Waals surface area contributed by atoms with Crippen LogP contribution in [0.4, 0.5) is 0 Å². The van der Waals surface area contributed by atoms with Gasteiger partial charge in [0.15, 0.2) is 0 Å². The summed E-state index contributed by atoms with van der Waals surface area (Å²) < 4.78 is 0. The predicted octanol–water partition coefficient (Wildman–Crippen LogP) is 3.22. The van der Waals surface area contributed by atoms with Crippen LogP contribution in [0.15, 0.2) is 0 Å². The molecule has 0 heterocycles. The van der Waals surface area contributed by atoms with Crippen molar-refractivity contribution in [1.29, 1.82) is 0 Å². The van der Waals surface area contributed by atoms with Crippen molar-refractivity contribution in [2.45, 2.75) is 59.5 Å². The quantitative estimate of drug-likeness (QED) is 0.711. The van der Waals surface area contributed by atoms with Gasteiger partial charge in [0.2, 0.25) is 0 Å². The lowest BCUT2D eigenvalue weighted by Gasteiger charge is -2.26. The van der Waals surface area contributed by atoms with Crippen LogP contribution in [0.25, 0.3) is 0 Å². The summed E-state index contributed by atoms with van der Waals surface area (Å²) in [6.07, 6.45) is 3.33. The third kappa shape index (κ3) is 1.52. The summed E-state index contributed by atoms with van der Waals surface area (Å²) in [5, 5.41) is 10.4. The molecule has 1 saturated carbocycles. The standard InChI is InChI=1S/C12H24O/c1-6-7-10(4)12(13)8-11(12,5)9(2)3/h9-10,13H,6-8H2,1-5H3. The third-order valence-electron chi connectivity index (χ3n) is 4.31. The van der Waals surface area contributed by atoms with Crippen molar-refractivity contribution in [3.63, 3.8) is 0 Å². The highest BCUT2D eigenvalue weighted by Gasteiger charge is 2.66. The average molecular weight is 184 g/mol. The molecule has 0 bridgehead atoms. The van der Waals surface area contributed by atoms with E-state index in [1.165, 1.54) is 6.42 Å². The van der Waals surface area contributed by atoms with Crippen molar-refractivity contribution >= 4 is 0 Å². The maximum atomic E-state index is 10.4. The van der Waals surface area contributed by atoms with Crippen LogP contribution in [0.5, 0.6) is 0 Å². The van der Waals surface area contributed by atoms with Crippen molar-refractivity contribution in [3.8, 4) is 0 Å². The molecule has 1 heteroatoms. The molecular formula is C12H24O. The molecule has 0 amide bonds. The molecule has 13 heavy (non-hydrogen) atoms. The second-order valence-electron chi connectivity index (χ2n) is 5.36. The van der Waals surface area contributed by atoms with Crippen LogP contribution in [0.1, 0.15) is 53.9 Å². The fourth-order valence-corrected chi connectivity index (χ4v) is 2.63. The van der Waals surface area contributed by atoms with Crippen LogP contribution < -0.4 is 0 Å². The van der Waals surface area contributed by atoms with Gasteiger partial charge in [-0.2, -0.15) is 0 Å². The molecule has 1 nitrogen and oxygen atoms in total. The number of hydrogen-bond donors (Lipinski definition) is 1. The van der Waals surface area contributed by atoms with E-state index in [9.17, 15) is 5.11 Å². The van der Waals surface area contributed by atoms with Crippen molar-refractivity contribution in [2.24, 2.45) is 17.3 Å². The Morgan fingerprint density at radius 2 is 1.85 bits per heavy atom. The topological polar surface area (TPSA) is 20.2 Å². The second-order valence-corrected chi connectivity index (χ2v) is 5.36. The van der Waals surface area contributed by atoms with Crippen LogP contribution in [0.3, 0.4) is 0 Å². The zero-order chi connectivity index (χ0) is 10.3. The van der Waals surface area contributed by atoms with Crippen molar-refractivity contribution < 1.29 is 5.11 Å². The minimum atomic E-state index is -0.364. The number of rotatable bonds is 4. The molecule has 0 aliphatic heterocycles. The fraction of sp³-hybridized carbons (Fsp3) is 1.00. The van der Waals surface area contributed by atoms with Crippen molar-refractivity contribution in [3.05, 3.63) is 0 Å². The minimum absolute atomic E-state index is 0.182. The monoisotopic (exact) mass is 184 g/mol. The zero-order valence-corrected chi connectivity index (χ0v) is 9.72. The summed E-state index contributed by atoms with van der Waals surface area (Å²) >= 11 is 0. The lowest BCUT2D eigenvalue weighted by molar-refractivity contribution is 0.0314. The normalized spacial score (nSPS) is 40.8. The minimum Gasteiger partial charge on any atom is -0.389 e. The smallest absolute Gasteiger partial charge is 0.0736 e. The summed E-state index contributed by atoms with van der Waals surface area (Å²) in [7, 11) is 0. The first-order valence-electron chi connectivity index (χ1n) is 5.61. The van der Waals surface area contributed by atoms with Gasteiger partial charge in [0.25, 0.3) is 0 Å². The maximum absolute atomic E-state index is 10.4.